The number of fused-ring (bicyclic) bond motifs is 1. The van der Waals surface area contributed by atoms with Crippen LogP contribution in [0.5, 0.6) is 0 Å². The third-order valence-corrected chi connectivity index (χ3v) is 6.67. The van der Waals surface area contributed by atoms with Crippen molar-refractivity contribution in [1.82, 2.24) is 18.7 Å². The first-order valence-electron chi connectivity index (χ1n) is 8.51. The van der Waals surface area contributed by atoms with Gasteiger partial charge in [-0.05, 0) is 25.1 Å². The first-order valence-corrected chi connectivity index (χ1v) is 10.3. The molecule has 0 aliphatic rings. The molecule has 10 heteroatoms. The number of nitrogens with zero attached hydrogens (tertiary/aromatic N) is 4. The van der Waals surface area contributed by atoms with Crippen molar-refractivity contribution in [2.75, 3.05) is 0 Å². The molecule has 0 radical (unpaired) electrons. The summed E-state index contributed by atoms with van der Waals surface area (Å²) in [7, 11) is -2.29. The Morgan fingerprint density at radius 2 is 1.86 bits per heavy atom. The monoisotopic (exact) mass is 429 g/mol. The van der Waals surface area contributed by atoms with Crippen molar-refractivity contribution in [1.29, 1.82) is 0 Å². The van der Waals surface area contributed by atoms with Gasteiger partial charge in [-0.15, -0.1) is 0 Å². The number of benzene rings is 1. The molecular weight excluding hydrogens is 414 g/mol. The Labute approximate surface area is 171 Å². The Morgan fingerprint density at radius 3 is 2.45 bits per heavy atom. The lowest BCUT2D eigenvalue weighted by Gasteiger charge is -2.11. The third kappa shape index (κ3) is 3.08. The lowest BCUT2D eigenvalue weighted by molar-refractivity contribution is 0.1000. The Kier molecular flexibility index (Phi) is 4.44. The highest BCUT2D eigenvalue weighted by Crippen LogP contribution is 2.35. The van der Waals surface area contributed by atoms with Gasteiger partial charge in [-0.1, -0.05) is 29.3 Å². The summed E-state index contributed by atoms with van der Waals surface area (Å²) in [5.74, 6) is -0.749. The molecule has 2 N–H and O–H groups in total. The van der Waals surface area contributed by atoms with Gasteiger partial charge >= 0.3 is 0 Å². The van der Waals surface area contributed by atoms with E-state index in [2.05, 4.69) is 10.1 Å². The second kappa shape index (κ2) is 6.71. The minimum Gasteiger partial charge on any atom is -0.366 e. The second-order valence-electron chi connectivity index (χ2n) is 6.60. The van der Waals surface area contributed by atoms with E-state index >= 15 is 0 Å². The Morgan fingerprint density at radius 1 is 1.17 bits per heavy atom. The lowest BCUT2D eigenvalue weighted by Crippen LogP contribution is -2.15. The summed E-state index contributed by atoms with van der Waals surface area (Å²) in [6.07, 6.45) is 4.40. The number of aromatic nitrogens is 4. The van der Waals surface area contributed by atoms with Gasteiger partial charge in [0.15, 0.2) is 5.65 Å². The molecule has 29 heavy (non-hydrogen) atoms. The number of halogens is 1. The molecule has 0 saturated carbocycles. The SMILES string of the molecule is Cc1ccc(S(=O)(=O)n2c(-c3cnn(C)c3)cc3c(Cl)c(C(N)=O)cnc32)cc1. The van der Waals surface area contributed by atoms with Gasteiger partial charge in [-0.2, -0.15) is 5.10 Å². The lowest BCUT2D eigenvalue weighted by atomic mass is 10.2. The number of carbonyl (C=O) groups excluding carboxylic acids is 1. The molecule has 0 aliphatic carbocycles. The number of rotatable bonds is 4. The molecule has 148 valence electrons. The maximum atomic E-state index is 13.5. The average Bonchev–Trinajstić information content (AvgIpc) is 3.26. The number of nitrogens with two attached hydrogens (primary N) is 1. The number of carbonyl (C=O) groups is 1. The first kappa shape index (κ1) is 19.2. The Bertz CT molecular complexity index is 1370. The molecule has 4 rings (SSSR count). The van der Waals surface area contributed by atoms with E-state index in [4.69, 9.17) is 17.3 Å². The highest BCUT2D eigenvalue weighted by molar-refractivity contribution is 7.90. The predicted octanol–water partition coefficient (Wildman–Crippen LogP) is 2.73. The second-order valence-corrected chi connectivity index (χ2v) is 8.77. The van der Waals surface area contributed by atoms with Crippen LogP contribution in [-0.4, -0.2) is 33.1 Å². The van der Waals surface area contributed by atoms with Crippen molar-refractivity contribution in [2.45, 2.75) is 11.8 Å². The molecule has 0 spiro atoms. The van der Waals surface area contributed by atoms with Gasteiger partial charge in [0.05, 0.1) is 27.4 Å². The van der Waals surface area contributed by atoms with E-state index in [0.717, 1.165) is 9.54 Å². The summed E-state index contributed by atoms with van der Waals surface area (Å²) in [6, 6.07) is 8.06. The van der Waals surface area contributed by atoms with Crippen LogP contribution in [0.3, 0.4) is 0 Å². The van der Waals surface area contributed by atoms with Gasteiger partial charge in [0, 0.05) is 30.4 Å². The molecule has 0 aliphatic heterocycles. The number of primary amides is 1. The number of pyridine rings is 1. The van der Waals surface area contributed by atoms with E-state index in [1.54, 1.807) is 36.1 Å². The zero-order chi connectivity index (χ0) is 20.9. The predicted molar refractivity (Wildman–Crippen MR) is 109 cm³/mol. The highest BCUT2D eigenvalue weighted by atomic mass is 35.5. The van der Waals surface area contributed by atoms with Gasteiger partial charge in [-0.3, -0.25) is 9.48 Å². The third-order valence-electron chi connectivity index (χ3n) is 4.55. The normalized spacial score (nSPS) is 11.8. The van der Waals surface area contributed by atoms with E-state index in [-0.39, 0.29) is 21.1 Å². The molecule has 1 aromatic carbocycles. The highest BCUT2D eigenvalue weighted by Gasteiger charge is 2.27. The number of amides is 1. The van der Waals surface area contributed by atoms with Crippen LogP contribution in [0.4, 0.5) is 0 Å². The zero-order valence-electron chi connectivity index (χ0n) is 15.5. The fourth-order valence-corrected chi connectivity index (χ4v) is 4.84. The van der Waals surface area contributed by atoms with Gasteiger partial charge in [0.2, 0.25) is 0 Å². The van der Waals surface area contributed by atoms with Crippen molar-refractivity contribution >= 4 is 38.6 Å². The average molecular weight is 430 g/mol. The fourth-order valence-electron chi connectivity index (χ4n) is 3.08. The van der Waals surface area contributed by atoms with Gasteiger partial charge < -0.3 is 5.73 Å². The van der Waals surface area contributed by atoms with Crippen molar-refractivity contribution < 1.29 is 13.2 Å². The van der Waals surface area contributed by atoms with Crippen LogP contribution in [0, 0.1) is 6.92 Å². The summed E-state index contributed by atoms with van der Waals surface area (Å²) in [5.41, 5.74) is 7.28. The van der Waals surface area contributed by atoms with Crippen LogP contribution in [-0.2, 0) is 17.1 Å². The summed E-state index contributed by atoms with van der Waals surface area (Å²) in [5, 5.41) is 4.47. The molecule has 0 fully saturated rings. The molecule has 1 amide bonds. The Hall–Kier alpha value is -3.17. The van der Waals surface area contributed by atoms with Crippen LogP contribution in [0.15, 0.2) is 53.8 Å². The number of hydrogen-bond donors (Lipinski definition) is 1. The smallest absolute Gasteiger partial charge is 0.269 e. The molecule has 0 unspecified atom stereocenters. The number of hydrogen-bond acceptors (Lipinski definition) is 5. The van der Waals surface area contributed by atoms with Crippen molar-refractivity contribution in [3.8, 4) is 11.3 Å². The minimum atomic E-state index is -4.02. The molecule has 4 aromatic rings. The fraction of sp³-hybridized carbons (Fsp3) is 0.105. The van der Waals surface area contributed by atoms with E-state index in [0.29, 0.717) is 16.6 Å². The van der Waals surface area contributed by atoms with Gasteiger partial charge in [-0.25, -0.2) is 17.4 Å². The van der Waals surface area contributed by atoms with E-state index < -0.39 is 15.9 Å². The van der Waals surface area contributed by atoms with E-state index in [9.17, 15) is 13.2 Å². The molecule has 3 aromatic heterocycles. The van der Waals surface area contributed by atoms with Crippen molar-refractivity contribution in [3.05, 3.63) is 65.1 Å². The summed E-state index contributed by atoms with van der Waals surface area (Å²) < 4.78 is 29.7. The van der Waals surface area contributed by atoms with Gasteiger partial charge in [0.1, 0.15) is 0 Å². The molecular formula is C19H16ClN5O3S. The number of aryl methyl sites for hydroxylation is 2. The molecule has 8 nitrogen and oxygen atoms in total. The Balaban J connectivity index is 2.09. The maximum absolute atomic E-state index is 13.5. The summed E-state index contributed by atoms with van der Waals surface area (Å²) in [6.45, 7) is 1.87. The first-order chi connectivity index (χ1) is 13.7. The summed E-state index contributed by atoms with van der Waals surface area (Å²) in [4.78, 5) is 15.9. The maximum Gasteiger partial charge on any atom is 0.269 e. The molecule has 0 saturated heterocycles. The topological polar surface area (TPSA) is 113 Å². The quantitative estimate of drug-likeness (QED) is 0.535. The molecule has 0 atom stereocenters. The van der Waals surface area contributed by atoms with Crippen LogP contribution >= 0.6 is 11.6 Å². The van der Waals surface area contributed by atoms with Crippen LogP contribution in [0.25, 0.3) is 22.3 Å². The van der Waals surface area contributed by atoms with Gasteiger partial charge in [0.25, 0.3) is 15.9 Å². The van der Waals surface area contributed by atoms with E-state index in [1.807, 2.05) is 6.92 Å². The molecule has 0 bridgehead atoms. The van der Waals surface area contributed by atoms with E-state index in [1.165, 1.54) is 24.5 Å². The van der Waals surface area contributed by atoms with Crippen LogP contribution in [0.2, 0.25) is 5.02 Å². The largest absolute Gasteiger partial charge is 0.366 e. The van der Waals surface area contributed by atoms with Crippen LogP contribution < -0.4 is 5.73 Å². The van der Waals surface area contributed by atoms with Crippen molar-refractivity contribution in [3.63, 3.8) is 0 Å². The van der Waals surface area contributed by atoms with Crippen LogP contribution in [0.1, 0.15) is 15.9 Å². The molecule has 3 heterocycles. The summed E-state index contributed by atoms with van der Waals surface area (Å²) >= 11 is 6.36. The minimum absolute atomic E-state index is 0.0155. The zero-order valence-corrected chi connectivity index (χ0v) is 17.1. The standard InChI is InChI=1S/C19H16ClN5O3S/c1-11-3-5-13(6-4-11)29(27,28)25-16(12-8-23-24(2)10-12)7-14-17(20)15(18(21)26)9-22-19(14)25/h3-10H,1-2H3,(H2,21,26). The van der Waals surface area contributed by atoms with Crippen molar-refractivity contribution in [2.24, 2.45) is 12.8 Å².